The second-order valence-electron chi connectivity index (χ2n) is 4.09. The van der Waals surface area contributed by atoms with Crippen molar-refractivity contribution in [3.05, 3.63) is 24.0 Å². The number of urea groups is 1. The Morgan fingerprint density at radius 3 is 2.62 bits per heavy atom. The van der Waals surface area contributed by atoms with Gasteiger partial charge in [0, 0.05) is 25.4 Å². The molecule has 116 valence electrons. The Kier molecular flexibility index (Phi) is 6.41. The number of rotatable bonds is 7. The fraction of sp³-hybridized carbons (Fsp3) is 0.385. The SMILES string of the molecule is COCCN(CC(=O)O)C(=O)Nc1ccc(OC)c(F)c1. The zero-order chi connectivity index (χ0) is 15.8. The molecule has 1 aromatic rings. The number of nitrogens with one attached hydrogen (secondary N) is 1. The number of hydrogen-bond acceptors (Lipinski definition) is 4. The van der Waals surface area contributed by atoms with Crippen molar-refractivity contribution in [3.8, 4) is 5.75 Å². The summed E-state index contributed by atoms with van der Waals surface area (Å²) < 4.78 is 23.1. The van der Waals surface area contributed by atoms with Gasteiger partial charge in [-0.1, -0.05) is 0 Å². The van der Waals surface area contributed by atoms with E-state index in [4.69, 9.17) is 14.6 Å². The van der Waals surface area contributed by atoms with E-state index >= 15 is 0 Å². The van der Waals surface area contributed by atoms with Crippen LogP contribution in [-0.4, -0.2) is 55.9 Å². The zero-order valence-electron chi connectivity index (χ0n) is 11.8. The first kappa shape index (κ1) is 16.7. The van der Waals surface area contributed by atoms with E-state index in [1.54, 1.807) is 0 Å². The van der Waals surface area contributed by atoms with Crippen LogP contribution in [0.2, 0.25) is 0 Å². The van der Waals surface area contributed by atoms with Gasteiger partial charge in [-0.3, -0.25) is 4.79 Å². The summed E-state index contributed by atoms with van der Waals surface area (Å²) in [6, 6.07) is 3.25. The summed E-state index contributed by atoms with van der Waals surface area (Å²) in [5, 5.41) is 11.2. The van der Waals surface area contributed by atoms with Crippen LogP contribution < -0.4 is 10.1 Å². The topological polar surface area (TPSA) is 88.1 Å². The summed E-state index contributed by atoms with van der Waals surface area (Å²) in [5.41, 5.74) is 0.200. The van der Waals surface area contributed by atoms with Gasteiger partial charge in [0.2, 0.25) is 0 Å². The van der Waals surface area contributed by atoms with Gasteiger partial charge in [0.05, 0.1) is 13.7 Å². The molecule has 0 radical (unpaired) electrons. The number of methoxy groups -OCH3 is 2. The molecule has 0 saturated heterocycles. The second-order valence-corrected chi connectivity index (χ2v) is 4.09. The largest absolute Gasteiger partial charge is 0.494 e. The molecule has 7 nitrogen and oxygen atoms in total. The first-order valence-corrected chi connectivity index (χ1v) is 6.08. The Balaban J connectivity index is 2.75. The molecule has 0 aromatic heterocycles. The highest BCUT2D eigenvalue weighted by atomic mass is 19.1. The number of anilines is 1. The summed E-state index contributed by atoms with van der Waals surface area (Å²) in [6.07, 6.45) is 0. The predicted molar refractivity (Wildman–Crippen MR) is 73.1 cm³/mol. The molecule has 0 atom stereocenters. The number of aliphatic carboxylic acids is 1. The molecule has 0 fully saturated rings. The van der Waals surface area contributed by atoms with E-state index in [0.717, 1.165) is 11.0 Å². The third kappa shape index (κ3) is 5.27. The molecule has 1 aromatic carbocycles. The van der Waals surface area contributed by atoms with E-state index in [1.165, 1.54) is 26.4 Å². The minimum Gasteiger partial charge on any atom is -0.494 e. The summed E-state index contributed by atoms with van der Waals surface area (Å²) in [5.74, 6) is -1.73. The molecule has 0 aliphatic rings. The lowest BCUT2D eigenvalue weighted by atomic mass is 10.3. The standard InChI is InChI=1S/C13H17FN2O5/c1-20-6-5-16(8-12(17)18)13(19)15-9-3-4-11(21-2)10(14)7-9/h3-4,7H,5-6,8H2,1-2H3,(H,15,19)(H,17,18). The van der Waals surface area contributed by atoms with E-state index in [1.807, 2.05) is 0 Å². The summed E-state index contributed by atoms with van der Waals surface area (Å²) in [7, 11) is 2.77. The molecule has 0 heterocycles. The molecule has 8 heteroatoms. The van der Waals surface area contributed by atoms with Gasteiger partial charge in [0.15, 0.2) is 11.6 Å². The van der Waals surface area contributed by atoms with Crippen LogP contribution in [0, 0.1) is 5.82 Å². The normalized spacial score (nSPS) is 10.0. The van der Waals surface area contributed by atoms with Gasteiger partial charge in [-0.05, 0) is 12.1 Å². The lowest BCUT2D eigenvalue weighted by Gasteiger charge is -2.20. The average Bonchev–Trinajstić information content (AvgIpc) is 2.43. The Morgan fingerprint density at radius 1 is 1.38 bits per heavy atom. The Bertz CT molecular complexity index is 509. The number of ether oxygens (including phenoxy) is 2. The lowest BCUT2D eigenvalue weighted by Crippen LogP contribution is -2.40. The highest BCUT2D eigenvalue weighted by molar-refractivity contribution is 5.91. The number of carbonyl (C=O) groups is 2. The number of hydrogen-bond donors (Lipinski definition) is 2. The highest BCUT2D eigenvalue weighted by Crippen LogP contribution is 2.20. The van der Waals surface area contributed by atoms with Gasteiger partial charge in [0.25, 0.3) is 0 Å². The number of benzene rings is 1. The number of carboxylic acids is 1. The van der Waals surface area contributed by atoms with E-state index in [9.17, 15) is 14.0 Å². The van der Waals surface area contributed by atoms with Crippen molar-refractivity contribution < 1.29 is 28.6 Å². The second kappa shape index (κ2) is 8.05. The lowest BCUT2D eigenvalue weighted by molar-refractivity contribution is -0.137. The van der Waals surface area contributed by atoms with E-state index in [-0.39, 0.29) is 24.6 Å². The smallest absolute Gasteiger partial charge is 0.323 e. The first-order chi connectivity index (χ1) is 9.97. The van der Waals surface area contributed by atoms with Crippen LogP contribution in [0.4, 0.5) is 14.9 Å². The third-order valence-corrected chi connectivity index (χ3v) is 2.58. The van der Waals surface area contributed by atoms with Crippen molar-refractivity contribution in [2.75, 3.05) is 39.2 Å². The van der Waals surface area contributed by atoms with Crippen LogP contribution >= 0.6 is 0 Å². The summed E-state index contributed by atoms with van der Waals surface area (Å²) in [6.45, 7) is -0.182. The summed E-state index contributed by atoms with van der Waals surface area (Å²) in [4.78, 5) is 23.7. The zero-order valence-corrected chi connectivity index (χ0v) is 11.8. The number of amides is 2. The van der Waals surface area contributed by atoms with E-state index in [0.29, 0.717) is 0 Å². The molecular weight excluding hydrogens is 283 g/mol. The minimum atomic E-state index is -1.15. The molecule has 0 unspecified atom stereocenters. The Labute approximate surface area is 121 Å². The molecule has 1 rings (SSSR count). The maximum absolute atomic E-state index is 13.5. The van der Waals surface area contributed by atoms with Crippen molar-refractivity contribution >= 4 is 17.7 Å². The van der Waals surface area contributed by atoms with Gasteiger partial charge < -0.3 is 24.8 Å². The molecule has 0 aliphatic heterocycles. The number of halogens is 1. The molecule has 21 heavy (non-hydrogen) atoms. The average molecular weight is 300 g/mol. The minimum absolute atomic E-state index is 0.0507. The van der Waals surface area contributed by atoms with Gasteiger partial charge in [0.1, 0.15) is 6.54 Å². The third-order valence-electron chi connectivity index (χ3n) is 2.58. The van der Waals surface area contributed by atoms with E-state index < -0.39 is 24.4 Å². The number of nitrogens with zero attached hydrogens (tertiary/aromatic N) is 1. The molecular formula is C13H17FN2O5. The fourth-order valence-electron chi connectivity index (χ4n) is 1.56. The molecule has 0 aliphatic carbocycles. The van der Waals surface area contributed by atoms with Crippen LogP contribution in [0.5, 0.6) is 5.75 Å². The highest BCUT2D eigenvalue weighted by Gasteiger charge is 2.17. The van der Waals surface area contributed by atoms with Crippen molar-refractivity contribution in [1.29, 1.82) is 0 Å². The molecule has 0 bridgehead atoms. The fourth-order valence-corrected chi connectivity index (χ4v) is 1.56. The Morgan fingerprint density at radius 2 is 2.10 bits per heavy atom. The van der Waals surface area contributed by atoms with Crippen molar-refractivity contribution in [3.63, 3.8) is 0 Å². The quantitative estimate of drug-likeness (QED) is 0.794. The molecule has 2 amide bonds. The van der Waals surface area contributed by atoms with Gasteiger partial charge in [-0.2, -0.15) is 0 Å². The number of carbonyl (C=O) groups excluding carboxylic acids is 1. The van der Waals surface area contributed by atoms with Crippen LogP contribution in [0.25, 0.3) is 0 Å². The monoisotopic (exact) mass is 300 g/mol. The van der Waals surface area contributed by atoms with Gasteiger partial charge in [-0.15, -0.1) is 0 Å². The van der Waals surface area contributed by atoms with Crippen LogP contribution in [0.3, 0.4) is 0 Å². The molecule has 0 saturated carbocycles. The molecule has 0 spiro atoms. The molecule has 2 N–H and O–H groups in total. The van der Waals surface area contributed by atoms with E-state index in [2.05, 4.69) is 5.32 Å². The van der Waals surface area contributed by atoms with Crippen molar-refractivity contribution in [2.45, 2.75) is 0 Å². The van der Waals surface area contributed by atoms with Crippen molar-refractivity contribution in [1.82, 2.24) is 4.90 Å². The van der Waals surface area contributed by atoms with Crippen LogP contribution in [0.1, 0.15) is 0 Å². The van der Waals surface area contributed by atoms with Crippen LogP contribution in [-0.2, 0) is 9.53 Å². The maximum atomic E-state index is 13.5. The Hall–Kier alpha value is -2.35. The van der Waals surface area contributed by atoms with Crippen molar-refractivity contribution in [2.24, 2.45) is 0 Å². The predicted octanol–water partition coefficient (Wildman–Crippen LogP) is 1.40. The van der Waals surface area contributed by atoms with Gasteiger partial charge >= 0.3 is 12.0 Å². The van der Waals surface area contributed by atoms with Gasteiger partial charge in [-0.25, -0.2) is 9.18 Å². The number of carboxylic acid groups (broad SMARTS) is 1. The first-order valence-electron chi connectivity index (χ1n) is 6.08. The summed E-state index contributed by atoms with van der Waals surface area (Å²) >= 11 is 0. The maximum Gasteiger partial charge on any atom is 0.323 e. The van der Waals surface area contributed by atoms with Crippen LogP contribution in [0.15, 0.2) is 18.2 Å².